The van der Waals surface area contributed by atoms with Crippen LogP contribution in [0.4, 0.5) is 0 Å². The van der Waals surface area contributed by atoms with Crippen molar-refractivity contribution in [2.75, 3.05) is 19.8 Å². The molecule has 82 valence electrons. The van der Waals surface area contributed by atoms with Crippen molar-refractivity contribution in [1.82, 2.24) is 4.72 Å². The van der Waals surface area contributed by atoms with Gasteiger partial charge in [0.1, 0.15) is 6.61 Å². The van der Waals surface area contributed by atoms with Crippen LogP contribution >= 0.6 is 0 Å². The fourth-order valence-corrected chi connectivity index (χ4v) is 2.20. The van der Waals surface area contributed by atoms with Crippen molar-refractivity contribution in [3.63, 3.8) is 0 Å². The van der Waals surface area contributed by atoms with E-state index in [1.54, 1.807) is 0 Å². The molecule has 0 heterocycles. The van der Waals surface area contributed by atoms with Gasteiger partial charge >= 0.3 is 0 Å². The van der Waals surface area contributed by atoms with Gasteiger partial charge in [0.05, 0.1) is 11.9 Å². The molecule has 0 aromatic carbocycles. The number of carbonyl (C=O) groups is 1. The fraction of sp³-hybridized carbons (Fsp3) is 0.857. The first-order chi connectivity index (χ1) is 6.56. The molecular formula is C7H14N2O4S. The lowest BCUT2D eigenvalue weighted by molar-refractivity contribution is -0.123. The van der Waals surface area contributed by atoms with Gasteiger partial charge in [-0.2, -0.15) is 0 Å². The van der Waals surface area contributed by atoms with Crippen LogP contribution in [0.5, 0.6) is 0 Å². The molecule has 0 bridgehead atoms. The van der Waals surface area contributed by atoms with Crippen LogP contribution in [0.25, 0.3) is 0 Å². The Morgan fingerprint density at radius 2 is 2.14 bits per heavy atom. The van der Waals surface area contributed by atoms with Crippen molar-refractivity contribution in [2.45, 2.75) is 18.1 Å². The number of ether oxygens (including phenoxy) is 1. The van der Waals surface area contributed by atoms with Gasteiger partial charge in [-0.15, -0.1) is 0 Å². The van der Waals surface area contributed by atoms with E-state index in [-0.39, 0.29) is 18.5 Å². The monoisotopic (exact) mass is 222 g/mol. The average Bonchev–Trinajstić information content (AvgIpc) is 2.85. The summed E-state index contributed by atoms with van der Waals surface area (Å²) >= 11 is 0. The first-order valence-corrected chi connectivity index (χ1v) is 5.93. The molecule has 0 atom stereocenters. The summed E-state index contributed by atoms with van der Waals surface area (Å²) in [4.78, 5) is 11.0. The number of sulfonamides is 1. The lowest BCUT2D eigenvalue weighted by atomic mass is 10.6. The van der Waals surface area contributed by atoms with Crippen LogP contribution in [-0.4, -0.2) is 39.3 Å². The highest BCUT2D eigenvalue weighted by molar-refractivity contribution is 7.90. The molecule has 0 spiro atoms. The van der Waals surface area contributed by atoms with Crippen molar-refractivity contribution in [3.05, 3.63) is 0 Å². The summed E-state index contributed by atoms with van der Waals surface area (Å²) < 4.78 is 29.2. The number of carbonyl (C=O) groups excluding carboxylic acids is 1. The molecule has 0 aromatic rings. The van der Waals surface area contributed by atoms with E-state index < -0.39 is 15.9 Å². The standard InChI is InChI=1S/C7H14N2O4S/c8-3-4-13-5-7(10)9-14(11,12)6-1-2-6/h6H,1-5,8H2,(H,9,10). The maximum atomic E-state index is 11.2. The molecule has 6 nitrogen and oxygen atoms in total. The quantitative estimate of drug-likeness (QED) is 0.537. The number of rotatable bonds is 6. The Kier molecular flexibility index (Phi) is 3.85. The Morgan fingerprint density at radius 1 is 1.50 bits per heavy atom. The zero-order chi connectivity index (χ0) is 10.6. The van der Waals surface area contributed by atoms with Gasteiger partial charge in [-0.3, -0.25) is 9.52 Å². The van der Waals surface area contributed by atoms with Crippen LogP contribution in [0.2, 0.25) is 0 Å². The molecule has 0 saturated heterocycles. The van der Waals surface area contributed by atoms with E-state index in [9.17, 15) is 13.2 Å². The highest BCUT2D eigenvalue weighted by Gasteiger charge is 2.36. The number of hydrogen-bond donors (Lipinski definition) is 2. The predicted molar refractivity (Wildman–Crippen MR) is 50.0 cm³/mol. The van der Waals surface area contributed by atoms with E-state index in [0.29, 0.717) is 19.4 Å². The molecule has 1 saturated carbocycles. The normalized spacial score (nSPS) is 16.6. The van der Waals surface area contributed by atoms with Gasteiger partial charge in [0, 0.05) is 6.54 Å². The van der Waals surface area contributed by atoms with Gasteiger partial charge < -0.3 is 10.5 Å². The van der Waals surface area contributed by atoms with Crippen molar-refractivity contribution in [2.24, 2.45) is 5.73 Å². The third kappa shape index (κ3) is 3.60. The molecule has 0 unspecified atom stereocenters. The van der Waals surface area contributed by atoms with Gasteiger partial charge in [0.2, 0.25) is 10.0 Å². The molecule has 0 aliphatic heterocycles. The van der Waals surface area contributed by atoms with E-state index >= 15 is 0 Å². The Hall–Kier alpha value is -0.660. The van der Waals surface area contributed by atoms with E-state index in [1.165, 1.54) is 0 Å². The van der Waals surface area contributed by atoms with Crippen molar-refractivity contribution >= 4 is 15.9 Å². The van der Waals surface area contributed by atoms with Crippen molar-refractivity contribution in [3.8, 4) is 0 Å². The topological polar surface area (TPSA) is 98.5 Å². The van der Waals surface area contributed by atoms with E-state index in [0.717, 1.165) is 0 Å². The number of nitrogens with two attached hydrogens (primary N) is 1. The summed E-state index contributed by atoms with van der Waals surface area (Å²) in [5.41, 5.74) is 5.13. The Bertz CT molecular complexity index is 297. The number of amides is 1. The third-order valence-electron chi connectivity index (χ3n) is 1.71. The second-order valence-electron chi connectivity index (χ2n) is 3.11. The highest BCUT2D eigenvalue weighted by atomic mass is 32.2. The van der Waals surface area contributed by atoms with Gasteiger partial charge in [-0.05, 0) is 12.8 Å². The summed E-state index contributed by atoms with van der Waals surface area (Å²) in [7, 11) is -3.43. The zero-order valence-electron chi connectivity index (χ0n) is 7.73. The summed E-state index contributed by atoms with van der Waals surface area (Å²) in [5, 5.41) is -0.388. The molecule has 1 aliphatic carbocycles. The van der Waals surface area contributed by atoms with Gasteiger partial charge in [-0.25, -0.2) is 8.42 Å². The minimum absolute atomic E-state index is 0.247. The average molecular weight is 222 g/mol. The molecule has 0 radical (unpaired) electrons. The lowest BCUT2D eigenvalue weighted by Gasteiger charge is -2.05. The Morgan fingerprint density at radius 3 is 2.64 bits per heavy atom. The molecule has 14 heavy (non-hydrogen) atoms. The molecule has 1 rings (SSSR count). The smallest absolute Gasteiger partial charge is 0.259 e. The van der Waals surface area contributed by atoms with Gasteiger partial charge in [0.25, 0.3) is 5.91 Å². The minimum Gasteiger partial charge on any atom is -0.370 e. The molecule has 1 aliphatic rings. The Balaban J connectivity index is 2.26. The largest absolute Gasteiger partial charge is 0.370 e. The minimum atomic E-state index is -3.43. The molecule has 0 aromatic heterocycles. The van der Waals surface area contributed by atoms with Crippen LogP contribution in [0.15, 0.2) is 0 Å². The molecule has 1 fully saturated rings. The van der Waals surface area contributed by atoms with Crippen molar-refractivity contribution in [1.29, 1.82) is 0 Å². The molecule has 3 N–H and O–H groups in total. The zero-order valence-corrected chi connectivity index (χ0v) is 8.55. The molecule has 1 amide bonds. The van der Waals surface area contributed by atoms with Crippen LogP contribution in [-0.2, 0) is 19.6 Å². The summed E-state index contributed by atoms with van der Waals surface area (Å²) in [6, 6.07) is 0. The SMILES string of the molecule is NCCOCC(=O)NS(=O)(=O)C1CC1. The van der Waals surface area contributed by atoms with Crippen molar-refractivity contribution < 1.29 is 17.9 Å². The molecular weight excluding hydrogens is 208 g/mol. The number of nitrogens with one attached hydrogen (secondary N) is 1. The van der Waals surface area contributed by atoms with E-state index in [2.05, 4.69) is 0 Å². The maximum Gasteiger partial charge on any atom is 0.259 e. The summed E-state index contributed by atoms with van der Waals surface area (Å²) in [6.45, 7) is 0.294. The first kappa shape index (κ1) is 11.4. The Labute approximate surface area is 82.8 Å². The second-order valence-corrected chi connectivity index (χ2v) is 5.07. The van der Waals surface area contributed by atoms with Gasteiger partial charge in [-0.1, -0.05) is 0 Å². The predicted octanol–water partition coefficient (Wildman–Crippen LogP) is -1.43. The van der Waals surface area contributed by atoms with Crippen LogP contribution in [0, 0.1) is 0 Å². The fourth-order valence-electron chi connectivity index (χ4n) is 0.898. The lowest BCUT2D eigenvalue weighted by Crippen LogP contribution is -2.36. The van der Waals surface area contributed by atoms with E-state index in [4.69, 9.17) is 10.5 Å². The van der Waals surface area contributed by atoms with Gasteiger partial charge in [0.15, 0.2) is 0 Å². The van der Waals surface area contributed by atoms with Crippen LogP contribution < -0.4 is 10.5 Å². The first-order valence-electron chi connectivity index (χ1n) is 4.38. The second kappa shape index (κ2) is 4.72. The highest BCUT2D eigenvalue weighted by Crippen LogP contribution is 2.27. The van der Waals surface area contributed by atoms with E-state index in [1.807, 2.05) is 4.72 Å². The van der Waals surface area contributed by atoms with Crippen LogP contribution in [0.3, 0.4) is 0 Å². The molecule has 7 heteroatoms. The summed E-state index contributed by atoms with van der Waals surface area (Å²) in [5.74, 6) is -0.634. The van der Waals surface area contributed by atoms with Crippen LogP contribution in [0.1, 0.15) is 12.8 Å². The number of hydrogen-bond acceptors (Lipinski definition) is 5. The summed E-state index contributed by atoms with van der Waals surface area (Å²) in [6.07, 6.45) is 1.26. The third-order valence-corrected chi connectivity index (χ3v) is 3.58. The maximum absolute atomic E-state index is 11.2.